The van der Waals surface area contributed by atoms with Gasteiger partial charge < -0.3 is 15.5 Å². The number of pyridine rings is 1. The Labute approximate surface area is 183 Å². The van der Waals surface area contributed by atoms with E-state index >= 15 is 0 Å². The highest BCUT2D eigenvalue weighted by Gasteiger charge is 2.30. The lowest BCUT2D eigenvalue weighted by Gasteiger charge is -2.37. The van der Waals surface area contributed by atoms with E-state index in [1.807, 2.05) is 6.07 Å². The van der Waals surface area contributed by atoms with E-state index in [9.17, 15) is 9.59 Å². The number of aromatic nitrogens is 1. The Morgan fingerprint density at radius 3 is 2.90 bits per heavy atom. The number of nitrogens with one attached hydrogen (secondary N) is 2. The lowest BCUT2D eigenvalue weighted by Crippen LogP contribution is -2.49. The summed E-state index contributed by atoms with van der Waals surface area (Å²) < 4.78 is 0. The number of likely N-dealkylation sites (tertiary alicyclic amines) is 1. The molecule has 3 amide bonds. The summed E-state index contributed by atoms with van der Waals surface area (Å²) in [5, 5.41) is 5.91. The second-order valence-electron chi connectivity index (χ2n) is 8.36. The monoisotopic (exact) mass is 422 g/mol. The van der Waals surface area contributed by atoms with Crippen molar-refractivity contribution in [2.45, 2.75) is 25.3 Å². The molecule has 2 N–H and O–H groups in total. The molecule has 3 heterocycles. The van der Waals surface area contributed by atoms with E-state index in [-0.39, 0.29) is 11.9 Å². The Morgan fingerprint density at radius 2 is 2.06 bits per heavy atom. The minimum Gasteiger partial charge on any atom is -0.336 e. The first-order valence-corrected chi connectivity index (χ1v) is 10.9. The van der Waals surface area contributed by atoms with Crippen molar-refractivity contribution in [1.29, 1.82) is 0 Å². The van der Waals surface area contributed by atoms with Crippen LogP contribution in [0.5, 0.6) is 0 Å². The standard InChI is InChI=1S/C23H30N6O2/c1-27(2)16-17-8-5-6-14-28(17)15-13-25-23(31)29-20-11-4-3-9-18(20)22(30)26-19-10-7-12-24-21(19)29/h3-4,7,9-12,17H,5-6,8,13-16H2,1-2H3,(H,25,31)(H,26,30). The molecule has 0 bridgehead atoms. The van der Waals surface area contributed by atoms with Crippen LogP contribution in [-0.2, 0) is 0 Å². The van der Waals surface area contributed by atoms with Crippen molar-refractivity contribution in [1.82, 2.24) is 20.1 Å². The molecule has 2 aromatic rings. The number of carbonyl (C=O) groups excluding carboxylic acids is 2. The molecule has 1 aromatic heterocycles. The van der Waals surface area contributed by atoms with Crippen LogP contribution in [0.1, 0.15) is 29.6 Å². The first kappa shape index (κ1) is 21.3. The number of rotatable bonds is 5. The molecule has 0 spiro atoms. The van der Waals surface area contributed by atoms with Crippen molar-refractivity contribution in [2.75, 3.05) is 50.5 Å². The first-order chi connectivity index (χ1) is 15.0. The maximum absolute atomic E-state index is 13.3. The Balaban J connectivity index is 1.50. The van der Waals surface area contributed by atoms with Crippen LogP contribution in [0.2, 0.25) is 0 Å². The summed E-state index contributed by atoms with van der Waals surface area (Å²) in [6, 6.07) is 10.8. The predicted octanol–water partition coefficient (Wildman–Crippen LogP) is 2.91. The smallest absolute Gasteiger partial charge is 0.327 e. The third-order valence-electron chi connectivity index (χ3n) is 5.84. The molecule has 1 aromatic carbocycles. The van der Waals surface area contributed by atoms with Gasteiger partial charge in [0.2, 0.25) is 0 Å². The highest BCUT2D eigenvalue weighted by Crippen LogP contribution is 2.35. The Kier molecular flexibility index (Phi) is 6.48. The molecule has 0 saturated carbocycles. The third-order valence-corrected chi connectivity index (χ3v) is 5.84. The second kappa shape index (κ2) is 9.45. The number of urea groups is 1. The van der Waals surface area contributed by atoms with Crippen LogP contribution in [0.15, 0.2) is 42.6 Å². The molecule has 1 unspecified atom stereocenters. The minimum absolute atomic E-state index is 0.250. The molecule has 2 aliphatic heterocycles. The molecule has 0 radical (unpaired) electrons. The number of amides is 3. The molecule has 1 saturated heterocycles. The average molecular weight is 423 g/mol. The summed E-state index contributed by atoms with van der Waals surface area (Å²) in [5.74, 6) is 0.168. The Morgan fingerprint density at radius 1 is 1.23 bits per heavy atom. The fourth-order valence-corrected chi connectivity index (χ4v) is 4.41. The number of nitrogens with zero attached hydrogens (tertiary/aromatic N) is 4. The quantitative estimate of drug-likeness (QED) is 0.774. The van der Waals surface area contributed by atoms with E-state index in [0.29, 0.717) is 35.3 Å². The van der Waals surface area contributed by atoms with Gasteiger partial charge in [-0.2, -0.15) is 0 Å². The van der Waals surface area contributed by atoms with E-state index in [1.165, 1.54) is 24.2 Å². The van der Waals surface area contributed by atoms with Gasteiger partial charge in [-0.3, -0.25) is 9.69 Å². The lowest BCUT2D eigenvalue weighted by molar-refractivity contribution is 0.102. The van der Waals surface area contributed by atoms with E-state index in [1.54, 1.807) is 36.5 Å². The fourth-order valence-electron chi connectivity index (χ4n) is 4.41. The summed E-state index contributed by atoms with van der Waals surface area (Å²) in [6.07, 6.45) is 5.27. The maximum atomic E-state index is 13.3. The van der Waals surface area contributed by atoms with Crippen molar-refractivity contribution in [2.24, 2.45) is 0 Å². The molecule has 0 aliphatic carbocycles. The number of fused-ring (bicyclic) bond motifs is 2. The minimum atomic E-state index is -0.287. The van der Waals surface area contributed by atoms with Gasteiger partial charge in [-0.25, -0.2) is 14.7 Å². The van der Waals surface area contributed by atoms with Gasteiger partial charge in [0, 0.05) is 31.9 Å². The molecule has 31 heavy (non-hydrogen) atoms. The predicted molar refractivity (Wildman–Crippen MR) is 122 cm³/mol. The molecular weight excluding hydrogens is 392 g/mol. The fraction of sp³-hybridized carbons (Fsp3) is 0.435. The average Bonchev–Trinajstić information content (AvgIpc) is 2.88. The number of carbonyl (C=O) groups is 2. The summed E-state index contributed by atoms with van der Waals surface area (Å²) in [7, 11) is 4.20. The van der Waals surface area contributed by atoms with Crippen LogP contribution >= 0.6 is 0 Å². The van der Waals surface area contributed by atoms with Gasteiger partial charge in [0.25, 0.3) is 5.91 Å². The van der Waals surface area contributed by atoms with Crippen LogP contribution in [-0.4, -0.2) is 73.0 Å². The van der Waals surface area contributed by atoms with Crippen LogP contribution < -0.4 is 15.5 Å². The second-order valence-corrected chi connectivity index (χ2v) is 8.36. The zero-order valence-electron chi connectivity index (χ0n) is 18.2. The van der Waals surface area contributed by atoms with Gasteiger partial charge in [-0.1, -0.05) is 18.6 Å². The Hall–Kier alpha value is -2.97. The molecular formula is C23H30N6O2. The van der Waals surface area contributed by atoms with Crippen molar-refractivity contribution in [3.05, 3.63) is 48.2 Å². The normalized spacial score (nSPS) is 18.7. The van der Waals surface area contributed by atoms with Gasteiger partial charge in [0.1, 0.15) is 0 Å². The molecule has 4 rings (SSSR count). The number of anilines is 3. The zero-order valence-corrected chi connectivity index (χ0v) is 18.2. The lowest BCUT2D eigenvalue weighted by atomic mass is 10.0. The molecule has 164 valence electrons. The van der Waals surface area contributed by atoms with E-state index in [2.05, 4.69) is 39.5 Å². The van der Waals surface area contributed by atoms with Crippen LogP contribution in [0.4, 0.5) is 22.0 Å². The zero-order chi connectivity index (χ0) is 21.8. The topological polar surface area (TPSA) is 80.8 Å². The molecule has 2 aliphatic rings. The van der Waals surface area contributed by atoms with Crippen molar-refractivity contribution >= 4 is 29.1 Å². The summed E-state index contributed by atoms with van der Waals surface area (Å²) in [5.41, 5.74) is 1.48. The number of likely N-dealkylation sites (N-methyl/N-ethyl adjacent to an activating group) is 1. The number of benzene rings is 1. The van der Waals surface area contributed by atoms with Crippen molar-refractivity contribution in [3.63, 3.8) is 0 Å². The number of para-hydroxylation sites is 1. The van der Waals surface area contributed by atoms with Gasteiger partial charge in [0.05, 0.1) is 16.9 Å². The van der Waals surface area contributed by atoms with Gasteiger partial charge in [-0.15, -0.1) is 0 Å². The SMILES string of the molecule is CN(C)CC1CCCCN1CCNC(=O)N1c2ccccc2C(=O)Nc2cccnc21. The Bertz CT molecular complexity index is 947. The molecule has 1 fully saturated rings. The third kappa shape index (κ3) is 4.70. The summed E-state index contributed by atoms with van der Waals surface area (Å²) in [6.45, 7) is 3.42. The number of piperidine rings is 1. The first-order valence-electron chi connectivity index (χ1n) is 10.9. The van der Waals surface area contributed by atoms with Crippen molar-refractivity contribution < 1.29 is 9.59 Å². The molecule has 8 heteroatoms. The van der Waals surface area contributed by atoms with Gasteiger partial charge in [-0.05, 0) is 57.7 Å². The van der Waals surface area contributed by atoms with E-state index in [4.69, 9.17) is 0 Å². The maximum Gasteiger partial charge on any atom is 0.327 e. The van der Waals surface area contributed by atoms with Gasteiger partial charge >= 0.3 is 6.03 Å². The van der Waals surface area contributed by atoms with Gasteiger partial charge in [0.15, 0.2) is 5.82 Å². The number of hydrogen-bond acceptors (Lipinski definition) is 5. The van der Waals surface area contributed by atoms with Crippen molar-refractivity contribution in [3.8, 4) is 0 Å². The van der Waals surface area contributed by atoms with E-state index in [0.717, 1.165) is 19.6 Å². The van der Waals surface area contributed by atoms with Crippen LogP contribution in [0.25, 0.3) is 0 Å². The summed E-state index contributed by atoms with van der Waals surface area (Å²) >= 11 is 0. The summed E-state index contributed by atoms with van der Waals surface area (Å²) in [4.78, 5) is 36.5. The van der Waals surface area contributed by atoms with Crippen LogP contribution in [0.3, 0.4) is 0 Å². The molecule has 8 nitrogen and oxygen atoms in total. The largest absolute Gasteiger partial charge is 0.336 e. The molecule has 1 atom stereocenters. The number of hydrogen-bond donors (Lipinski definition) is 2. The highest BCUT2D eigenvalue weighted by atomic mass is 16.2. The highest BCUT2D eigenvalue weighted by molar-refractivity contribution is 6.16. The van der Waals surface area contributed by atoms with Crippen LogP contribution in [0, 0.1) is 0 Å². The van der Waals surface area contributed by atoms with E-state index < -0.39 is 0 Å².